The molecule has 0 spiro atoms. The Balaban J connectivity index is 1.75. The minimum Gasteiger partial charge on any atom is -0.508 e. The molecule has 7 nitrogen and oxygen atoms in total. The van der Waals surface area contributed by atoms with Gasteiger partial charge >= 0.3 is 7.12 Å². The summed E-state index contributed by atoms with van der Waals surface area (Å²) < 4.78 is 5.73. The minimum atomic E-state index is -1.25. The van der Waals surface area contributed by atoms with Crippen LogP contribution in [0.15, 0.2) is 35.3 Å². The second-order valence-corrected chi connectivity index (χ2v) is 7.20. The molecule has 26 heavy (non-hydrogen) atoms. The number of aliphatic hydroxyl groups is 1. The second kappa shape index (κ2) is 6.23. The maximum atomic E-state index is 12.7. The maximum Gasteiger partial charge on any atom is 0.487 e. The summed E-state index contributed by atoms with van der Waals surface area (Å²) in [4.78, 5) is 26.3. The molecule has 2 amide bonds. The zero-order valence-corrected chi connectivity index (χ0v) is 14.3. The Bertz CT molecular complexity index is 809. The van der Waals surface area contributed by atoms with Crippen LogP contribution in [0, 0.1) is 17.8 Å². The van der Waals surface area contributed by atoms with Crippen LogP contribution in [-0.4, -0.2) is 52.7 Å². The van der Waals surface area contributed by atoms with Gasteiger partial charge in [0, 0.05) is 7.05 Å². The molecule has 1 aromatic rings. The molecule has 2 aliphatic heterocycles. The minimum absolute atomic E-state index is 0.0892. The number of benzene rings is 1. The first-order valence-corrected chi connectivity index (χ1v) is 8.69. The number of aromatic hydroxyl groups is 1. The molecule has 0 saturated carbocycles. The van der Waals surface area contributed by atoms with Crippen molar-refractivity contribution < 1.29 is 29.5 Å². The molecule has 8 heteroatoms. The molecule has 2 fully saturated rings. The van der Waals surface area contributed by atoms with Gasteiger partial charge in [-0.3, -0.25) is 14.5 Å². The Kier molecular flexibility index (Phi) is 4.14. The van der Waals surface area contributed by atoms with Crippen LogP contribution in [-0.2, 0) is 14.2 Å². The molecule has 4 atom stereocenters. The summed E-state index contributed by atoms with van der Waals surface area (Å²) in [7, 11) is 0.224. The fourth-order valence-electron chi connectivity index (χ4n) is 4.65. The molecule has 3 N–H and O–H groups in total. The lowest BCUT2D eigenvalue weighted by atomic mass is 9.55. The summed E-state index contributed by atoms with van der Waals surface area (Å²) in [5, 5.41) is 30.0. The molecule has 1 aliphatic carbocycles. The van der Waals surface area contributed by atoms with Gasteiger partial charge < -0.3 is 19.9 Å². The summed E-state index contributed by atoms with van der Waals surface area (Å²) in [6.45, 7) is -0.280. The van der Waals surface area contributed by atoms with E-state index in [-0.39, 0.29) is 36.5 Å². The third-order valence-electron chi connectivity index (χ3n) is 5.86. The molecule has 3 aliphatic rings. The number of likely N-dealkylation sites (tertiary alicyclic amines) is 1. The Morgan fingerprint density at radius 1 is 1.27 bits per heavy atom. The van der Waals surface area contributed by atoms with Crippen molar-refractivity contribution in [3.8, 4) is 5.75 Å². The largest absolute Gasteiger partial charge is 0.508 e. The van der Waals surface area contributed by atoms with E-state index in [1.54, 1.807) is 24.3 Å². The zero-order valence-electron chi connectivity index (χ0n) is 14.3. The fourth-order valence-corrected chi connectivity index (χ4v) is 4.65. The van der Waals surface area contributed by atoms with E-state index < -0.39 is 25.1 Å². The van der Waals surface area contributed by atoms with E-state index in [1.807, 2.05) is 0 Å². The molecule has 1 aromatic carbocycles. The standard InChI is InChI=1S/C18H20BNO6/c1-20-17(23)13-6-10(8-21)16-12(15(13)18(20)24)7-14(26-19(16)25)9-3-2-4-11(22)5-9/h2-5,12-15,21-22,25H,6-8H2,1H3/t12-,13-,14-,15+/m0/s1. The third-order valence-corrected chi connectivity index (χ3v) is 5.86. The number of fused-ring (bicyclic) bond motifs is 3. The first kappa shape index (κ1) is 17.3. The molecule has 2 saturated heterocycles. The Morgan fingerprint density at radius 2 is 2.04 bits per heavy atom. The first-order valence-electron chi connectivity index (χ1n) is 8.69. The van der Waals surface area contributed by atoms with Gasteiger partial charge in [-0.15, -0.1) is 0 Å². The fraction of sp³-hybridized carbons (Fsp3) is 0.444. The second-order valence-electron chi connectivity index (χ2n) is 7.20. The summed E-state index contributed by atoms with van der Waals surface area (Å²) in [6.07, 6.45) is 0.144. The van der Waals surface area contributed by atoms with E-state index >= 15 is 0 Å². The number of phenols is 1. The highest BCUT2D eigenvalue weighted by atomic mass is 16.5. The van der Waals surface area contributed by atoms with Crippen LogP contribution in [0.1, 0.15) is 24.5 Å². The maximum absolute atomic E-state index is 12.7. The normalized spacial score (nSPS) is 31.3. The number of amides is 2. The van der Waals surface area contributed by atoms with Gasteiger partial charge in [-0.1, -0.05) is 12.1 Å². The number of aliphatic hydroxyl groups excluding tert-OH is 1. The van der Waals surface area contributed by atoms with Gasteiger partial charge in [0.25, 0.3) is 0 Å². The van der Waals surface area contributed by atoms with Gasteiger partial charge in [0.05, 0.1) is 24.5 Å². The number of hydrogen-bond donors (Lipinski definition) is 3. The lowest BCUT2D eigenvalue weighted by Crippen LogP contribution is -2.45. The Labute approximate surface area is 151 Å². The predicted molar refractivity (Wildman–Crippen MR) is 91.5 cm³/mol. The number of rotatable bonds is 2. The van der Waals surface area contributed by atoms with Crippen LogP contribution in [0.5, 0.6) is 5.75 Å². The number of carbonyl (C=O) groups excluding carboxylic acids is 2. The Morgan fingerprint density at radius 3 is 2.73 bits per heavy atom. The van der Waals surface area contributed by atoms with Crippen molar-refractivity contribution in [3.63, 3.8) is 0 Å². The van der Waals surface area contributed by atoms with Crippen LogP contribution in [0.25, 0.3) is 0 Å². The van der Waals surface area contributed by atoms with Crippen LogP contribution < -0.4 is 0 Å². The monoisotopic (exact) mass is 357 g/mol. The van der Waals surface area contributed by atoms with Gasteiger partial charge in [0.2, 0.25) is 11.8 Å². The lowest BCUT2D eigenvalue weighted by molar-refractivity contribution is -0.138. The van der Waals surface area contributed by atoms with Crippen LogP contribution in [0.3, 0.4) is 0 Å². The molecule has 2 heterocycles. The van der Waals surface area contributed by atoms with Gasteiger partial charge in [-0.25, -0.2) is 0 Å². The van der Waals surface area contributed by atoms with Crippen molar-refractivity contribution in [2.24, 2.45) is 17.8 Å². The number of nitrogens with zero attached hydrogens (tertiary/aromatic N) is 1. The SMILES string of the molecule is CN1C(=O)[C@H]2[C@H](CC(CO)=C3B(O)O[C@H](c4cccc(O)c4)C[C@H]32)C1=O. The third kappa shape index (κ3) is 2.48. The average Bonchev–Trinajstić information content (AvgIpc) is 2.85. The molecule has 0 unspecified atom stereocenters. The van der Waals surface area contributed by atoms with Crippen LogP contribution in [0.2, 0.25) is 0 Å². The van der Waals surface area contributed by atoms with Gasteiger partial charge in [0.15, 0.2) is 0 Å². The number of phenolic OH excluding ortho intramolecular Hbond substituents is 1. The number of allylic oxidation sites excluding steroid dienone is 1. The Hall–Kier alpha value is -2.16. The number of hydrogen-bond acceptors (Lipinski definition) is 6. The molecular weight excluding hydrogens is 337 g/mol. The quantitative estimate of drug-likeness (QED) is 0.523. The van der Waals surface area contributed by atoms with Gasteiger partial charge in [-0.05, 0) is 47.5 Å². The molecule has 136 valence electrons. The zero-order chi connectivity index (χ0) is 18.6. The highest BCUT2D eigenvalue weighted by molar-refractivity contribution is 6.53. The highest BCUT2D eigenvalue weighted by Gasteiger charge is 2.56. The molecule has 0 bridgehead atoms. The number of imide groups is 1. The summed E-state index contributed by atoms with van der Waals surface area (Å²) in [5.41, 5.74) is 1.80. The van der Waals surface area contributed by atoms with Crippen molar-refractivity contribution >= 4 is 18.9 Å². The highest BCUT2D eigenvalue weighted by Crippen LogP contribution is 2.51. The van der Waals surface area contributed by atoms with E-state index in [0.29, 0.717) is 23.0 Å². The molecule has 0 aromatic heterocycles. The van der Waals surface area contributed by atoms with Crippen molar-refractivity contribution in [1.29, 1.82) is 0 Å². The van der Waals surface area contributed by atoms with E-state index in [9.17, 15) is 24.8 Å². The molecular formula is C18H20BNO6. The average molecular weight is 357 g/mol. The predicted octanol–water partition coefficient (Wildman–Crippen LogP) is 0.413. The molecule has 0 radical (unpaired) electrons. The van der Waals surface area contributed by atoms with Crippen LogP contribution in [0.4, 0.5) is 0 Å². The summed E-state index contributed by atoms with van der Waals surface area (Å²) in [6, 6.07) is 6.58. The van der Waals surface area contributed by atoms with Crippen LogP contribution >= 0.6 is 0 Å². The lowest BCUT2D eigenvalue weighted by Gasteiger charge is -2.41. The smallest absolute Gasteiger partial charge is 0.487 e. The van der Waals surface area contributed by atoms with Crippen molar-refractivity contribution in [3.05, 3.63) is 40.9 Å². The van der Waals surface area contributed by atoms with Crippen molar-refractivity contribution in [2.45, 2.75) is 18.9 Å². The van der Waals surface area contributed by atoms with Crippen molar-refractivity contribution in [2.75, 3.05) is 13.7 Å². The summed E-state index contributed by atoms with van der Waals surface area (Å²) in [5.74, 6) is -1.82. The van der Waals surface area contributed by atoms with Gasteiger partial charge in [-0.2, -0.15) is 0 Å². The van der Waals surface area contributed by atoms with Crippen molar-refractivity contribution in [1.82, 2.24) is 4.90 Å². The van der Waals surface area contributed by atoms with E-state index in [4.69, 9.17) is 4.65 Å². The summed E-state index contributed by atoms with van der Waals surface area (Å²) >= 11 is 0. The van der Waals surface area contributed by atoms with E-state index in [1.165, 1.54) is 7.05 Å². The first-order chi connectivity index (χ1) is 12.4. The number of carbonyl (C=O) groups is 2. The topological polar surface area (TPSA) is 107 Å². The van der Waals surface area contributed by atoms with Gasteiger partial charge in [0.1, 0.15) is 5.75 Å². The van der Waals surface area contributed by atoms with E-state index in [2.05, 4.69) is 0 Å². The van der Waals surface area contributed by atoms with E-state index in [0.717, 1.165) is 4.90 Å². The molecule has 4 rings (SSSR count).